The van der Waals surface area contributed by atoms with Crippen molar-refractivity contribution in [3.63, 3.8) is 0 Å². The summed E-state index contributed by atoms with van der Waals surface area (Å²) in [5, 5.41) is 7.12. The topological polar surface area (TPSA) is 87.9 Å². The van der Waals surface area contributed by atoms with Gasteiger partial charge in [-0.05, 0) is 41.5 Å². The molecular formula is C25H25F3N4O4. The van der Waals surface area contributed by atoms with E-state index in [4.69, 9.17) is 14.6 Å². The number of amides is 1. The number of benzene rings is 1. The minimum absolute atomic E-state index is 0.107. The zero-order chi connectivity index (χ0) is 25.9. The number of fused-ring (bicyclic) bond motifs is 3. The molecule has 2 aliphatic rings. The fraction of sp³-hybridized carbons (Fsp3) is 0.320. The molecule has 4 heterocycles. The van der Waals surface area contributed by atoms with Gasteiger partial charge in [-0.2, -0.15) is 13.2 Å². The van der Waals surface area contributed by atoms with Crippen LogP contribution in [-0.4, -0.2) is 68.8 Å². The number of carbonyl (C=O) groups excluding carboxylic acids is 1. The van der Waals surface area contributed by atoms with Crippen LogP contribution in [0.3, 0.4) is 0 Å². The molecular weight excluding hydrogens is 477 g/mol. The summed E-state index contributed by atoms with van der Waals surface area (Å²) in [5.41, 5.74) is 3.10. The highest BCUT2D eigenvalue weighted by Crippen LogP contribution is 2.35. The zero-order valence-corrected chi connectivity index (χ0v) is 19.4. The Balaban J connectivity index is 0.000000384. The average molecular weight is 502 g/mol. The second-order valence-electron chi connectivity index (χ2n) is 8.57. The summed E-state index contributed by atoms with van der Waals surface area (Å²) in [4.78, 5) is 30.9. The van der Waals surface area contributed by atoms with Gasteiger partial charge in [-0.15, -0.1) is 0 Å². The Hall–Kier alpha value is -3.86. The molecule has 1 amide bonds. The minimum Gasteiger partial charge on any atom is -0.497 e. The van der Waals surface area contributed by atoms with Crippen LogP contribution in [0.1, 0.15) is 27.7 Å². The molecule has 2 aliphatic heterocycles. The number of ether oxygens (including phenoxy) is 1. The van der Waals surface area contributed by atoms with Crippen molar-refractivity contribution in [1.82, 2.24) is 19.4 Å². The van der Waals surface area contributed by atoms with E-state index in [-0.39, 0.29) is 18.0 Å². The number of carboxylic acids is 1. The highest BCUT2D eigenvalue weighted by atomic mass is 19.4. The van der Waals surface area contributed by atoms with E-state index in [1.807, 2.05) is 59.8 Å². The Morgan fingerprint density at radius 1 is 1.06 bits per heavy atom. The van der Waals surface area contributed by atoms with E-state index in [1.54, 1.807) is 13.3 Å². The van der Waals surface area contributed by atoms with Crippen molar-refractivity contribution in [2.45, 2.75) is 31.3 Å². The van der Waals surface area contributed by atoms with Gasteiger partial charge >= 0.3 is 12.1 Å². The van der Waals surface area contributed by atoms with Crippen molar-refractivity contribution < 1.29 is 32.6 Å². The maximum atomic E-state index is 13.3. The molecule has 0 radical (unpaired) electrons. The van der Waals surface area contributed by atoms with Gasteiger partial charge in [0, 0.05) is 44.8 Å². The van der Waals surface area contributed by atoms with Gasteiger partial charge in [-0.25, -0.2) is 4.79 Å². The number of likely N-dealkylation sites (tertiary alicyclic amines) is 1. The third kappa shape index (κ3) is 5.51. The first-order valence-electron chi connectivity index (χ1n) is 11.2. The van der Waals surface area contributed by atoms with Crippen LogP contribution in [0.2, 0.25) is 0 Å². The Labute approximate surface area is 205 Å². The molecule has 2 atom stereocenters. The predicted molar refractivity (Wildman–Crippen MR) is 123 cm³/mol. The Bertz CT molecular complexity index is 1200. The number of aliphatic carboxylic acids is 1. The maximum Gasteiger partial charge on any atom is 0.490 e. The molecule has 11 heteroatoms. The fourth-order valence-electron chi connectivity index (χ4n) is 4.58. The lowest BCUT2D eigenvalue weighted by atomic mass is 10.0. The SMILES string of the molecule is COc1ccc(CN2C(=O)c3cccn3C3CN(Cc4cccnc4)CC32)cc1.O=C(O)C(F)(F)F. The monoisotopic (exact) mass is 502 g/mol. The molecule has 8 nitrogen and oxygen atoms in total. The van der Waals surface area contributed by atoms with Gasteiger partial charge in [0.15, 0.2) is 0 Å². The molecule has 0 bridgehead atoms. The number of methoxy groups -OCH3 is 1. The van der Waals surface area contributed by atoms with Crippen LogP contribution < -0.4 is 4.74 Å². The van der Waals surface area contributed by atoms with E-state index < -0.39 is 12.1 Å². The molecule has 1 saturated heterocycles. The normalized spacial score (nSPS) is 19.2. The Kier molecular flexibility index (Phi) is 7.30. The summed E-state index contributed by atoms with van der Waals surface area (Å²) in [6.07, 6.45) is 0.682. The highest BCUT2D eigenvalue weighted by Gasteiger charge is 2.44. The number of aromatic nitrogens is 2. The largest absolute Gasteiger partial charge is 0.497 e. The van der Waals surface area contributed by atoms with Crippen LogP contribution in [0.5, 0.6) is 5.75 Å². The summed E-state index contributed by atoms with van der Waals surface area (Å²) in [6, 6.07) is 16.4. The van der Waals surface area contributed by atoms with Crippen molar-refractivity contribution in [2.75, 3.05) is 20.2 Å². The second kappa shape index (κ2) is 10.4. The maximum absolute atomic E-state index is 13.3. The third-order valence-corrected chi connectivity index (χ3v) is 6.23. The molecule has 2 aromatic heterocycles. The van der Waals surface area contributed by atoms with Crippen molar-refractivity contribution >= 4 is 11.9 Å². The predicted octanol–water partition coefficient (Wildman–Crippen LogP) is 3.61. The van der Waals surface area contributed by atoms with Crippen molar-refractivity contribution in [3.8, 4) is 5.75 Å². The number of rotatable bonds is 5. The standard InChI is InChI=1S/C23H24N4O2.C2HF3O2/c1-29-19-8-6-17(7-9-19)14-27-22-16-25(13-18-4-2-10-24-12-18)15-21(22)26-11-3-5-20(26)23(27)28;3-2(4,5)1(6)7/h2-12,21-22H,13-16H2,1H3;(H,6,7). The van der Waals surface area contributed by atoms with Gasteiger partial charge in [-0.3, -0.25) is 14.7 Å². The number of halogens is 3. The van der Waals surface area contributed by atoms with Gasteiger partial charge in [0.1, 0.15) is 11.4 Å². The lowest BCUT2D eigenvalue weighted by Crippen LogP contribution is -2.49. The number of carbonyl (C=O) groups is 2. The first-order chi connectivity index (χ1) is 17.2. The lowest BCUT2D eigenvalue weighted by molar-refractivity contribution is -0.192. The minimum atomic E-state index is -5.08. The van der Waals surface area contributed by atoms with Gasteiger partial charge in [0.05, 0.1) is 19.2 Å². The van der Waals surface area contributed by atoms with E-state index in [0.717, 1.165) is 36.6 Å². The average Bonchev–Trinajstić information content (AvgIpc) is 3.50. The smallest absolute Gasteiger partial charge is 0.490 e. The second-order valence-corrected chi connectivity index (χ2v) is 8.57. The Morgan fingerprint density at radius 3 is 2.36 bits per heavy atom. The van der Waals surface area contributed by atoms with E-state index in [1.165, 1.54) is 5.56 Å². The summed E-state index contributed by atoms with van der Waals surface area (Å²) < 4.78 is 39.2. The number of carboxylic acid groups (broad SMARTS) is 1. The molecule has 190 valence electrons. The molecule has 36 heavy (non-hydrogen) atoms. The first kappa shape index (κ1) is 25.2. The van der Waals surface area contributed by atoms with E-state index >= 15 is 0 Å². The van der Waals surface area contributed by atoms with Crippen LogP contribution in [0, 0.1) is 0 Å². The third-order valence-electron chi connectivity index (χ3n) is 6.23. The van der Waals surface area contributed by atoms with Crippen molar-refractivity contribution in [2.24, 2.45) is 0 Å². The van der Waals surface area contributed by atoms with Crippen LogP contribution in [0.15, 0.2) is 67.1 Å². The van der Waals surface area contributed by atoms with Crippen LogP contribution in [0.4, 0.5) is 13.2 Å². The molecule has 1 N–H and O–H groups in total. The van der Waals surface area contributed by atoms with Crippen LogP contribution >= 0.6 is 0 Å². The van der Waals surface area contributed by atoms with Crippen molar-refractivity contribution in [1.29, 1.82) is 0 Å². The lowest BCUT2D eigenvalue weighted by Gasteiger charge is -2.38. The molecule has 0 aliphatic carbocycles. The van der Waals surface area contributed by atoms with Crippen LogP contribution in [-0.2, 0) is 17.9 Å². The fourth-order valence-corrected chi connectivity index (χ4v) is 4.58. The summed E-state index contributed by atoms with van der Waals surface area (Å²) in [7, 11) is 1.66. The van der Waals surface area contributed by atoms with Gasteiger partial charge < -0.3 is 19.3 Å². The van der Waals surface area contributed by atoms with E-state index in [9.17, 15) is 18.0 Å². The van der Waals surface area contributed by atoms with Gasteiger partial charge in [-0.1, -0.05) is 18.2 Å². The Morgan fingerprint density at radius 2 is 1.75 bits per heavy atom. The van der Waals surface area contributed by atoms with E-state index in [2.05, 4.69) is 20.5 Å². The molecule has 1 fully saturated rings. The molecule has 1 aromatic carbocycles. The first-order valence-corrected chi connectivity index (χ1v) is 11.2. The number of pyridine rings is 1. The molecule has 3 aromatic rings. The number of alkyl halides is 3. The summed E-state index contributed by atoms with van der Waals surface area (Å²) in [5.74, 6) is -1.82. The molecule has 0 saturated carbocycles. The number of nitrogens with zero attached hydrogens (tertiary/aromatic N) is 4. The molecule has 2 unspecified atom stereocenters. The molecule has 0 spiro atoms. The molecule has 5 rings (SSSR count). The van der Waals surface area contributed by atoms with Crippen LogP contribution in [0.25, 0.3) is 0 Å². The zero-order valence-electron chi connectivity index (χ0n) is 19.4. The summed E-state index contributed by atoms with van der Waals surface area (Å²) in [6.45, 7) is 3.24. The van der Waals surface area contributed by atoms with Crippen molar-refractivity contribution in [3.05, 3.63) is 83.9 Å². The van der Waals surface area contributed by atoms with E-state index in [0.29, 0.717) is 6.54 Å². The van der Waals surface area contributed by atoms with Gasteiger partial charge in [0.25, 0.3) is 5.91 Å². The number of hydrogen-bond donors (Lipinski definition) is 1. The summed E-state index contributed by atoms with van der Waals surface area (Å²) >= 11 is 0. The van der Waals surface area contributed by atoms with Gasteiger partial charge in [0.2, 0.25) is 0 Å². The highest BCUT2D eigenvalue weighted by molar-refractivity contribution is 5.94. The number of hydrogen-bond acceptors (Lipinski definition) is 5. The quantitative estimate of drug-likeness (QED) is 0.574.